The molecule has 0 spiro atoms. The molecule has 0 aliphatic carbocycles. The Hall–Kier alpha value is -1.88. The van der Waals surface area contributed by atoms with E-state index in [1.54, 1.807) is 24.3 Å². The number of urea groups is 1. The van der Waals surface area contributed by atoms with E-state index in [-0.39, 0.29) is 0 Å². The molecule has 0 aliphatic heterocycles. The van der Waals surface area contributed by atoms with Gasteiger partial charge in [0.1, 0.15) is 0 Å². The van der Waals surface area contributed by atoms with E-state index in [0.717, 1.165) is 5.56 Å². The molecule has 5 heteroatoms. The van der Waals surface area contributed by atoms with Crippen molar-refractivity contribution >= 4 is 11.9 Å². The maximum absolute atomic E-state index is 11.2. The number of imide groups is 1. The van der Waals surface area contributed by atoms with E-state index in [2.05, 4.69) is 0 Å². The predicted molar refractivity (Wildman–Crippen MR) is 51.4 cm³/mol. The molecule has 74 valence electrons. The Kier molecular flexibility index (Phi) is 3.19. The van der Waals surface area contributed by atoms with Gasteiger partial charge in [-0.1, -0.05) is 12.1 Å². The second-order valence-electron chi connectivity index (χ2n) is 2.72. The first-order valence-electron chi connectivity index (χ1n) is 4.03. The van der Waals surface area contributed by atoms with Crippen LogP contribution in [0.4, 0.5) is 4.79 Å². The number of nitrogens with two attached hydrogens (primary N) is 2. The molecule has 0 aliphatic rings. The predicted octanol–water partition coefficient (Wildman–Crippen LogP) is -0.0462. The van der Waals surface area contributed by atoms with Gasteiger partial charge in [-0.3, -0.25) is 10.1 Å². The van der Waals surface area contributed by atoms with Crippen LogP contribution in [0, 0.1) is 0 Å². The van der Waals surface area contributed by atoms with Gasteiger partial charge in [0.25, 0.3) is 5.91 Å². The molecule has 0 heterocycles. The summed E-state index contributed by atoms with van der Waals surface area (Å²) >= 11 is 0. The van der Waals surface area contributed by atoms with Gasteiger partial charge >= 0.3 is 6.03 Å². The Morgan fingerprint density at radius 2 is 1.79 bits per heavy atom. The molecule has 3 amide bonds. The highest BCUT2D eigenvalue weighted by Crippen LogP contribution is 2.03. The number of primary amides is 1. The van der Waals surface area contributed by atoms with Crippen LogP contribution < -0.4 is 16.8 Å². The molecular weight excluding hydrogens is 182 g/mol. The normalized spacial score (nSPS) is 9.50. The van der Waals surface area contributed by atoms with Gasteiger partial charge in [0, 0.05) is 12.1 Å². The smallest absolute Gasteiger partial charge is 0.319 e. The van der Waals surface area contributed by atoms with Crippen molar-refractivity contribution in [1.29, 1.82) is 0 Å². The van der Waals surface area contributed by atoms with Crippen molar-refractivity contribution in [2.45, 2.75) is 6.54 Å². The van der Waals surface area contributed by atoms with E-state index >= 15 is 0 Å². The van der Waals surface area contributed by atoms with Crippen LogP contribution in [0.5, 0.6) is 0 Å². The highest BCUT2D eigenvalue weighted by atomic mass is 16.2. The molecule has 0 saturated carbocycles. The number of hydrogen-bond acceptors (Lipinski definition) is 3. The van der Waals surface area contributed by atoms with Crippen molar-refractivity contribution in [1.82, 2.24) is 5.32 Å². The van der Waals surface area contributed by atoms with Crippen LogP contribution in [0.15, 0.2) is 24.3 Å². The molecule has 1 rings (SSSR count). The number of hydrogen-bond donors (Lipinski definition) is 3. The second kappa shape index (κ2) is 4.38. The van der Waals surface area contributed by atoms with Crippen molar-refractivity contribution < 1.29 is 9.59 Å². The summed E-state index contributed by atoms with van der Waals surface area (Å²) in [5, 5.41) is 1.97. The SMILES string of the molecule is NCc1ccc(C(=O)NC(N)=O)cc1. The molecule has 0 fully saturated rings. The molecule has 0 atom stereocenters. The Balaban J connectivity index is 2.76. The molecule has 5 N–H and O–H groups in total. The third-order valence-corrected chi connectivity index (χ3v) is 1.69. The fourth-order valence-corrected chi connectivity index (χ4v) is 0.976. The highest BCUT2D eigenvalue weighted by molar-refractivity contribution is 6.03. The molecule has 0 radical (unpaired) electrons. The number of benzene rings is 1. The average molecular weight is 193 g/mol. The Morgan fingerprint density at radius 3 is 2.21 bits per heavy atom. The first-order valence-corrected chi connectivity index (χ1v) is 4.03. The van der Waals surface area contributed by atoms with Crippen molar-refractivity contribution in [2.24, 2.45) is 11.5 Å². The fourth-order valence-electron chi connectivity index (χ4n) is 0.976. The van der Waals surface area contributed by atoms with E-state index < -0.39 is 11.9 Å². The van der Waals surface area contributed by atoms with E-state index in [0.29, 0.717) is 12.1 Å². The standard InChI is InChI=1S/C9H11N3O2/c10-5-6-1-3-7(4-2-6)8(13)12-9(11)14/h1-4H,5,10H2,(H3,11,12,13,14). The molecule has 5 nitrogen and oxygen atoms in total. The molecule has 0 bridgehead atoms. The quantitative estimate of drug-likeness (QED) is 0.614. The number of carbonyl (C=O) groups excluding carboxylic acids is 2. The van der Waals surface area contributed by atoms with Gasteiger partial charge in [0.2, 0.25) is 0 Å². The lowest BCUT2D eigenvalue weighted by Crippen LogP contribution is -2.34. The lowest BCUT2D eigenvalue weighted by molar-refractivity contribution is 0.0966. The minimum Gasteiger partial charge on any atom is -0.351 e. The van der Waals surface area contributed by atoms with Gasteiger partial charge in [0.05, 0.1) is 0 Å². The zero-order valence-corrected chi connectivity index (χ0v) is 7.49. The summed E-state index contributed by atoms with van der Waals surface area (Å²) < 4.78 is 0. The molecular formula is C9H11N3O2. The summed E-state index contributed by atoms with van der Waals surface area (Å²) in [4.78, 5) is 21.6. The maximum atomic E-state index is 11.2. The van der Waals surface area contributed by atoms with Crippen molar-refractivity contribution in [3.63, 3.8) is 0 Å². The molecule has 0 saturated heterocycles. The van der Waals surface area contributed by atoms with Gasteiger partial charge < -0.3 is 11.5 Å². The number of carbonyl (C=O) groups is 2. The van der Waals surface area contributed by atoms with Crippen LogP contribution in [0.25, 0.3) is 0 Å². The van der Waals surface area contributed by atoms with Crippen LogP contribution in [0.1, 0.15) is 15.9 Å². The largest absolute Gasteiger partial charge is 0.351 e. The second-order valence-corrected chi connectivity index (χ2v) is 2.72. The van der Waals surface area contributed by atoms with Crippen LogP contribution in [0.2, 0.25) is 0 Å². The maximum Gasteiger partial charge on any atom is 0.319 e. The number of rotatable bonds is 2. The summed E-state index contributed by atoms with van der Waals surface area (Å²) in [6, 6.07) is 5.74. The first-order chi connectivity index (χ1) is 6.63. The van der Waals surface area contributed by atoms with Crippen molar-refractivity contribution in [2.75, 3.05) is 0 Å². The van der Waals surface area contributed by atoms with Gasteiger partial charge in [0.15, 0.2) is 0 Å². The fraction of sp³-hybridized carbons (Fsp3) is 0.111. The van der Waals surface area contributed by atoms with Crippen molar-refractivity contribution in [3.8, 4) is 0 Å². The summed E-state index contributed by atoms with van der Waals surface area (Å²) in [5.74, 6) is -0.513. The highest BCUT2D eigenvalue weighted by Gasteiger charge is 2.06. The van der Waals surface area contributed by atoms with E-state index in [1.165, 1.54) is 0 Å². The first kappa shape index (κ1) is 10.2. The van der Waals surface area contributed by atoms with E-state index in [9.17, 15) is 9.59 Å². The van der Waals surface area contributed by atoms with Gasteiger partial charge in [-0.05, 0) is 17.7 Å². The summed E-state index contributed by atoms with van der Waals surface area (Å²) in [6.45, 7) is 0.414. The summed E-state index contributed by atoms with van der Waals surface area (Å²) in [7, 11) is 0. The zero-order chi connectivity index (χ0) is 10.6. The van der Waals surface area contributed by atoms with Gasteiger partial charge in [-0.15, -0.1) is 0 Å². The van der Waals surface area contributed by atoms with Crippen LogP contribution in [0.3, 0.4) is 0 Å². The Morgan fingerprint density at radius 1 is 1.21 bits per heavy atom. The van der Waals surface area contributed by atoms with Gasteiger partial charge in [-0.25, -0.2) is 4.79 Å². The average Bonchev–Trinajstić information content (AvgIpc) is 2.17. The van der Waals surface area contributed by atoms with Crippen LogP contribution >= 0.6 is 0 Å². The summed E-state index contributed by atoms with van der Waals surface area (Å²) in [6.07, 6.45) is 0. The van der Waals surface area contributed by atoms with E-state index in [1.807, 2.05) is 5.32 Å². The van der Waals surface area contributed by atoms with Gasteiger partial charge in [-0.2, -0.15) is 0 Å². The molecule has 1 aromatic rings. The molecule has 1 aromatic carbocycles. The summed E-state index contributed by atoms with van der Waals surface area (Å²) in [5.41, 5.74) is 11.5. The number of nitrogens with one attached hydrogen (secondary N) is 1. The third-order valence-electron chi connectivity index (χ3n) is 1.69. The minimum atomic E-state index is -0.863. The third kappa shape index (κ3) is 2.56. The lowest BCUT2D eigenvalue weighted by Gasteiger charge is -2.01. The zero-order valence-electron chi connectivity index (χ0n) is 7.49. The topological polar surface area (TPSA) is 98.2 Å². The van der Waals surface area contributed by atoms with Crippen LogP contribution in [-0.2, 0) is 6.54 Å². The Bertz CT molecular complexity index is 346. The number of amides is 3. The minimum absolute atomic E-state index is 0.376. The molecule has 0 unspecified atom stereocenters. The molecule has 14 heavy (non-hydrogen) atoms. The Labute approximate surface area is 81.1 Å². The van der Waals surface area contributed by atoms with Crippen molar-refractivity contribution in [3.05, 3.63) is 35.4 Å². The monoisotopic (exact) mass is 193 g/mol. The van der Waals surface area contributed by atoms with Crippen LogP contribution in [-0.4, -0.2) is 11.9 Å². The molecule has 0 aromatic heterocycles. The lowest BCUT2D eigenvalue weighted by atomic mass is 10.1. The van der Waals surface area contributed by atoms with E-state index in [4.69, 9.17) is 11.5 Å².